The van der Waals surface area contributed by atoms with Crippen molar-refractivity contribution in [3.8, 4) is 0 Å². The minimum atomic E-state index is -1.10. The molecule has 5 heteroatoms. The van der Waals surface area contributed by atoms with Crippen molar-refractivity contribution in [1.82, 2.24) is 0 Å². The molecule has 1 rings (SSSR count). The minimum Gasteiger partial charge on any atom is -0.394 e. The first-order valence-electron chi connectivity index (χ1n) is 2.93. The van der Waals surface area contributed by atoms with E-state index in [0.717, 1.165) is 0 Å². The van der Waals surface area contributed by atoms with Gasteiger partial charge in [0.15, 0.2) is 5.56 Å². The molecule has 0 unspecified atom stereocenters. The summed E-state index contributed by atoms with van der Waals surface area (Å²) in [6.45, 7) is -0.332. The highest BCUT2D eigenvalue weighted by molar-refractivity contribution is 6.20. The lowest BCUT2D eigenvalue weighted by molar-refractivity contribution is -0.00869. The first-order chi connectivity index (χ1) is 4.66. The van der Waals surface area contributed by atoms with Crippen molar-refractivity contribution >= 4 is 11.6 Å². The molecule has 1 saturated heterocycles. The number of hydrogen-bond acceptors (Lipinski definition) is 4. The predicted octanol–water partition coefficient (Wildman–Crippen LogP) is -1.34. The van der Waals surface area contributed by atoms with Gasteiger partial charge in [0, 0.05) is 0 Å². The SMILES string of the molecule is OC[C@H]1O[C@H](Cl)[C@H](O)[C@@H]1O. The third-order valence-corrected chi connectivity index (χ3v) is 1.85. The van der Waals surface area contributed by atoms with Gasteiger partial charge in [0.2, 0.25) is 0 Å². The first-order valence-corrected chi connectivity index (χ1v) is 3.37. The second kappa shape index (κ2) is 3.02. The van der Waals surface area contributed by atoms with Crippen molar-refractivity contribution in [3.05, 3.63) is 0 Å². The molecule has 0 saturated carbocycles. The third-order valence-electron chi connectivity index (χ3n) is 1.48. The van der Waals surface area contributed by atoms with Gasteiger partial charge in [0.25, 0.3) is 0 Å². The zero-order chi connectivity index (χ0) is 7.72. The average Bonchev–Trinajstić information content (AvgIpc) is 2.17. The maximum absolute atomic E-state index is 9.01. The zero-order valence-electron chi connectivity index (χ0n) is 5.14. The van der Waals surface area contributed by atoms with Gasteiger partial charge in [-0.25, -0.2) is 0 Å². The Labute approximate surface area is 63.0 Å². The highest BCUT2D eigenvalue weighted by atomic mass is 35.5. The molecule has 4 atom stereocenters. The number of aliphatic hydroxyl groups is 3. The average molecular weight is 169 g/mol. The number of aliphatic hydroxyl groups excluding tert-OH is 3. The number of hydrogen-bond donors (Lipinski definition) is 3. The molecule has 1 aliphatic rings. The summed E-state index contributed by atoms with van der Waals surface area (Å²) >= 11 is 5.39. The number of alkyl halides is 1. The van der Waals surface area contributed by atoms with Gasteiger partial charge in [0.05, 0.1) is 6.61 Å². The molecule has 0 spiro atoms. The van der Waals surface area contributed by atoms with Crippen molar-refractivity contribution < 1.29 is 20.1 Å². The predicted molar refractivity (Wildman–Crippen MR) is 33.6 cm³/mol. The van der Waals surface area contributed by atoms with Gasteiger partial charge in [-0.05, 0) is 0 Å². The summed E-state index contributed by atoms with van der Waals surface area (Å²) in [6, 6.07) is 0. The zero-order valence-corrected chi connectivity index (χ0v) is 5.90. The Morgan fingerprint density at radius 3 is 2.10 bits per heavy atom. The van der Waals surface area contributed by atoms with Crippen LogP contribution in [-0.4, -0.2) is 45.8 Å². The molecule has 10 heavy (non-hydrogen) atoms. The molecule has 0 aromatic carbocycles. The summed E-state index contributed by atoms with van der Waals surface area (Å²) in [5.41, 5.74) is -0.910. The van der Waals surface area contributed by atoms with Crippen LogP contribution in [0.15, 0.2) is 0 Å². The molecule has 4 nitrogen and oxygen atoms in total. The van der Waals surface area contributed by atoms with Gasteiger partial charge in [-0.15, -0.1) is 0 Å². The van der Waals surface area contributed by atoms with Gasteiger partial charge in [-0.2, -0.15) is 0 Å². The lowest BCUT2D eigenvalue weighted by Crippen LogP contribution is -2.32. The van der Waals surface area contributed by atoms with E-state index in [9.17, 15) is 0 Å². The van der Waals surface area contributed by atoms with E-state index in [1.807, 2.05) is 0 Å². The Morgan fingerprint density at radius 2 is 1.90 bits per heavy atom. The normalized spacial score (nSPS) is 48.0. The molecule has 0 bridgehead atoms. The van der Waals surface area contributed by atoms with Crippen LogP contribution in [0, 0.1) is 0 Å². The maximum Gasteiger partial charge on any atom is 0.160 e. The molecule has 0 aliphatic carbocycles. The summed E-state index contributed by atoms with van der Waals surface area (Å²) in [6.07, 6.45) is -2.93. The summed E-state index contributed by atoms with van der Waals surface area (Å²) < 4.78 is 4.75. The fourth-order valence-corrected chi connectivity index (χ4v) is 1.14. The fourth-order valence-electron chi connectivity index (χ4n) is 0.854. The second-order valence-corrected chi connectivity index (χ2v) is 2.62. The largest absolute Gasteiger partial charge is 0.394 e. The number of ether oxygens (including phenoxy) is 1. The number of rotatable bonds is 1. The summed E-state index contributed by atoms with van der Waals surface area (Å²) in [5, 5.41) is 26.5. The molecule has 1 fully saturated rings. The van der Waals surface area contributed by atoms with Gasteiger partial charge in [0.1, 0.15) is 18.3 Å². The van der Waals surface area contributed by atoms with E-state index < -0.39 is 23.9 Å². The first kappa shape index (κ1) is 8.23. The summed E-state index contributed by atoms with van der Waals surface area (Å²) in [7, 11) is 0. The quantitative estimate of drug-likeness (QED) is 0.424. The number of halogens is 1. The van der Waals surface area contributed by atoms with Crippen LogP contribution in [0.25, 0.3) is 0 Å². The van der Waals surface area contributed by atoms with Crippen LogP contribution in [0.1, 0.15) is 0 Å². The molecule has 1 heterocycles. The van der Waals surface area contributed by atoms with E-state index in [0.29, 0.717) is 0 Å². The molecule has 60 valence electrons. The molecular weight excluding hydrogens is 160 g/mol. The molecular formula is C5H9ClO4. The van der Waals surface area contributed by atoms with Crippen LogP contribution in [0.5, 0.6) is 0 Å². The van der Waals surface area contributed by atoms with Crippen LogP contribution >= 0.6 is 11.6 Å². The Morgan fingerprint density at radius 1 is 1.30 bits per heavy atom. The Balaban J connectivity index is 2.53. The molecule has 3 N–H and O–H groups in total. The summed E-state index contributed by atoms with van der Waals surface area (Å²) in [4.78, 5) is 0. The van der Waals surface area contributed by atoms with Crippen molar-refractivity contribution in [2.45, 2.75) is 23.9 Å². The van der Waals surface area contributed by atoms with E-state index in [2.05, 4.69) is 0 Å². The van der Waals surface area contributed by atoms with Crippen molar-refractivity contribution in [2.24, 2.45) is 0 Å². The maximum atomic E-state index is 9.01. The van der Waals surface area contributed by atoms with Crippen LogP contribution in [0.2, 0.25) is 0 Å². The van der Waals surface area contributed by atoms with Crippen LogP contribution in [0.4, 0.5) is 0 Å². The van der Waals surface area contributed by atoms with Crippen molar-refractivity contribution in [1.29, 1.82) is 0 Å². The monoisotopic (exact) mass is 168 g/mol. The highest BCUT2D eigenvalue weighted by Crippen LogP contribution is 2.23. The van der Waals surface area contributed by atoms with Gasteiger partial charge >= 0.3 is 0 Å². The second-order valence-electron chi connectivity index (χ2n) is 2.19. The Kier molecular flexibility index (Phi) is 2.49. The van der Waals surface area contributed by atoms with E-state index in [1.54, 1.807) is 0 Å². The van der Waals surface area contributed by atoms with E-state index in [1.165, 1.54) is 0 Å². The molecule has 0 aromatic rings. The molecule has 0 amide bonds. The summed E-state index contributed by atoms with van der Waals surface area (Å²) in [5.74, 6) is 0. The Hall–Kier alpha value is 0.130. The van der Waals surface area contributed by atoms with Crippen molar-refractivity contribution in [2.75, 3.05) is 6.61 Å². The minimum absolute atomic E-state index is 0.332. The van der Waals surface area contributed by atoms with Crippen LogP contribution in [0.3, 0.4) is 0 Å². The van der Waals surface area contributed by atoms with Gasteiger partial charge < -0.3 is 20.1 Å². The van der Waals surface area contributed by atoms with E-state index in [-0.39, 0.29) is 6.61 Å². The lowest BCUT2D eigenvalue weighted by Gasteiger charge is -2.09. The molecule has 1 aliphatic heterocycles. The third kappa shape index (κ3) is 1.26. The molecule has 0 radical (unpaired) electrons. The standard InChI is InChI=1S/C5H9ClO4/c6-5-4(9)3(8)2(1-7)10-5/h2-5,7-9H,1H2/t2-,3-,4-,5+/m1/s1. The van der Waals surface area contributed by atoms with E-state index >= 15 is 0 Å². The van der Waals surface area contributed by atoms with E-state index in [4.69, 9.17) is 31.7 Å². The topological polar surface area (TPSA) is 69.9 Å². The molecule has 0 aromatic heterocycles. The fraction of sp³-hybridized carbons (Fsp3) is 1.00. The highest BCUT2D eigenvalue weighted by Gasteiger charge is 2.40. The smallest absolute Gasteiger partial charge is 0.160 e. The van der Waals surface area contributed by atoms with Crippen molar-refractivity contribution in [3.63, 3.8) is 0 Å². The van der Waals surface area contributed by atoms with Crippen LogP contribution in [-0.2, 0) is 4.74 Å². The lowest BCUT2D eigenvalue weighted by atomic mass is 10.2. The Bertz CT molecular complexity index is 120. The van der Waals surface area contributed by atoms with Crippen LogP contribution < -0.4 is 0 Å². The van der Waals surface area contributed by atoms with Gasteiger partial charge in [-0.3, -0.25) is 0 Å². The van der Waals surface area contributed by atoms with Gasteiger partial charge in [-0.1, -0.05) is 11.6 Å².